The van der Waals surface area contributed by atoms with Gasteiger partial charge in [-0.3, -0.25) is 10.1 Å². The highest BCUT2D eigenvalue weighted by atomic mass is 35.5. The van der Waals surface area contributed by atoms with Crippen LogP contribution in [0.3, 0.4) is 0 Å². The summed E-state index contributed by atoms with van der Waals surface area (Å²) in [7, 11) is 0. The minimum Gasteiger partial charge on any atom is -0.355 e. The molecule has 1 amide bonds. The molecule has 1 aromatic rings. The van der Waals surface area contributed by atoms with Crippen LogP contribution in [0.1, 0.15) is 31.4 Å². The fourth-order valence-corrected chi connectivity index (χ4v) is 2.27. The Morgan fingerprint density at radius 2 is 2.18 bits per heavy atom. The van der Waals surface area contributed by atoms with Crippen molar-refractivity contribution in [2.45, 2.75) is 31.8 Å². The van der Waals surface area contributed by atoms with Crippen LogP contribution in [-0.2, 0) is 4.79 Å². The number of carbonyl (C=O) groups is 1. The minimum atomic E-state index is -0.0596. The number of hydrogen-bond acceptors (Lipinski definition) is 2. The lowest BCUT2D eigenvalue weighted by atomic mass is 10.0. The Hall–Kier alpha value is -1.06. The summed E-state index contributed by atoms with van der Waals surface area (Å²) in [6.07, 6.45) is 1.81. The van der Waals surface area contributed by atoms with E-state index in [1.807, 2.05) is 24.3 Å². The number of benzene rings is 1. The Labute approximate surface area is 107 Å². The largest absolute Gasteiger partial charge is 0.355 e. The van der Waals surface area contributed by atoms with Crippen LogP contribution in [0, 0.1) is 0 Å². The van der Waals surface area contributed by atoms with Gasteiger partial charge < -0.3 is 5.32 Å². The maximum absolute atomic E-state index is 11.5. The molecule has 2 N–H and O–H groups in total. The van der Waals surface area contributed by atoms with Crippen LogP contribution in [0.2, 0.25) is 5.02 Å². The van der Waals surface area contributed by atoms with Crippen LogP contribution in [0.15, 0.2) is 24.3 Å². The first-order valence-corrected chi connectivity index (χ1v) is 6.37. The van der Waals surface area contributed by atoms with E-state index in [1.54, 1.807) is 0 Å². The second-order valence-corrected chi connectivity index (χ2v) is 4.75. The van der Waals surface area contributed by atoms with Crippen LogP contribution in [-0.4, -0.2) is 18.5 Å². The highest BCUT2D eigenvalue weighted by Gasteiger charge is 2.26. The average Bonchev–Trinajstić information content (AvgIpc) is 2.73. The zero-order valence-corrected chi connectivity index (χ0v) is 10.6. The van der Waals surface area contributed by atoms with E-state index in [2.05, 4.69) is 17.6 Å². The maximum Gasteiger partial charge on any atom is 0.237 e. The molecule has 0 bridgehead atoms. The van der Waals surface area contributed by atoms with E-state index in [0.29, 0.717) is 0 Å². The van der Waals surface area contributed by atoms with Gasteiger partial charge in [0, 0.05) is 17.6 Å². The molecule has 4 heteroatoms. The zero-order valence-electron chi connectivity index (χ0n) is 9.87. The van der Waals surface area contributed by atoms with Crippen molar-refractivity contribution in [2.24, 2.45) is 0 Å². The number of halogens is 1. The molecule has 17 heavy (non-hydrogen) atoms. The molecule has 0 aromatic heterocycles. The quantitative estimate of drug-likeness (QED) is 0.863. The van der Waals surface area contributed by atoms with Crippen molar-refractivity contribution in [3.63, 3.8) is 0 Å². The van der Waals surface area contributed by atoms with Gasteiger partial charge in [-0.05, 0) is 30.5 Å². The van der Waals surface area contributed by atoms with Crippen molar-refractivity contribution in [1.82, 2.24) is 10.6 Å². The summed E-state index contributed by atoms with van der Waals surface area (Å²) < 4.78 is 0. The third kappa shape index (κ3) is 2.99. The number of nitrogens with one attached hydrogen (secondary N) is 2. The topological polar surface area (TPSA) is 41.1 Å². The van der Waals surface area contributed by atoms with Gasteiger partial charge in [0.25, 0.3) is 0 Å². The molecule has 1 aliphatic heterocycles. The lowest BCUT2D eigenvalue weighted by Gasteiger charge is -2.20. The van der Waals surface area contributed by atoms with Gasteiger partial charge in [0.1, 0.15) is 0 Å². The monoisotopic (exact) mass is 252 g/mol. The summed E-state index contributed by atoms with van der Waals surface area (Å²) in [5.74, 6) is 0.109. The maximum atomic E-state index is 11.5. The van der Waals surface area contributed by atoms with Gasteiger partial charge in [-0.25, -0.2) is 0 Å². The molecule has 2 rings (SSSR count). The lowest BCUT2D eigenvalue weighted by Crippen LogP contribution is -2.38. The molecule has 0 unspecified atom stereocenters. The molecule has 1 aliphatic rings. The second kappa shape index (κ2) is 5.52. The Bertz CT molecular complexity index is 391. The molecule has 3 nitrogen and oxygen atoms in total. The van der Waals surface area contributed by atoms with Crippen molar-refractivity contribution < 1.29 is 4.79 Å². The lowest BCUT2D eigenvalue weighted by molar-refractivity contribution is -0.121. The number of hydrogen-bond donors (Lipinski definition) is 2. The van der Waals surface area contributed by atoms with E-state index in [0.717, 1.165) is 24.4 Å². The van der Waals surface area contributed by atoms with Crippen LogP contribution in [0.25, 0.3) is 0 Å². The highest BCUT2D eigenvalue weighted by Crippen LogP contribution is 2.20. The molecule has 0 spiro atoms. The molecule has 2 atom stereocenters. The second-order valence-electron chi connectivity index (χ2n) is 4.31. The first-order chi connectivity index (χ1) is 8.20. The average molecular weight is 253 g/mol. The molecule has 1 saturated heterocycles. The molecule has 0 radical (unpaired) electrons. The smallest absolute Gasteiger partial charge is 0.237 e. The van der Waals surface area contributed by atoms with Gasteiger partial charge in [0.2, 0.25) is 5.91 Å². The van der Waals surface area contributed by atoms with Gasteiger partial charge in [-0.15, -0.1) is 0 Å². The Morgan fingerprint density at radius 3 is 2.71 bits per heavy atom. The summed E-state index contributed by atoms with van der Waals surface area (Å²) in [6.45, 7) is 2.88. The van der Waals surface area contributed by atoms with Crippen LogP contribution in [0.5, 0.6) is 0 Å². The van der Waals surface area contributed by atoms with E-state index >= 15 is 0 Å². The predicted molar refractivity (Wildman–Crippen MR) is 69.0 cm³/mol. The van der Waals surface area contributed by atoms with Crippen molar-refractivity contribution in [1.29, 1.82) is 0 Å². The van der Waals surface area contributed by atoms with Crippen LogP contribution in [0.4, 0.5) is 0 Å². The summed E-state index contributed by atoms with van der Waals surface area (Å²) in [5.41, 5.74) is 1.18. The normalized spacial score (nSPS) is 21.3. The van der Waals surface area contributed by atoms with Gasteiger partial charge in [0.15, 0.2) is 0 Å². The SMILES string of the molecule is CC[C@H](N[C@H]1CCNC1=O)c1ccc(Cl)cc1. The number of rotatable bonds is 4. The fourth-order valence-electron chi connectivity index (χ4n) is 2.14. The Morgan fingerprint density at radius 1 is 1.47 bits per heavy atom. The highest BCUT2D eigenvalue weighted by molar-refractivity contribution is 6.30. The van der Waals surface area contributed by atoms with Crippen LogP contribution >= 0.6 is 11.6 Å². The van der Waals surface area contributed by atoms with Crippen molar-refractivity contribution >= 4 is 17.5 Å². The number of carbonyl (C=O) groups excluding carboxylic acids is 1. The zero-order chi connectivity index (χ0) is 12.3. The van der Waals surface area contributed by atoms with E-state index < -0.39 is 0 Å². The molecule has 0 aliphatic carbocycles. The molecule has 0 saturated carbocycles. The van der Waals surface area contributed by atoms with E-state index in [9.17, 15) is 4.79 Å². The van der Waals surface area contributed by atoms with Crippen molar-refractivity contribution in [3.8, 4) is 0 Å². The summed E-state index contributed by atoms with van der Waals surface area (Å²) in [5, 5.41) is 6.97. The molecular formula is C13H17ClN2O. The summed E-state index contributed by atoms with van der Waals surface area (Å²) in [4.78, 5) is 11.5. The van der Waals surface area contributed by atoms with E-state index in [-0.39, 0.29) is 18.0 Å². The van der Waals surface area contributed by atoms with Crippen molar-refractivity contribution in [3.05, 3.63) is 34.9 Å². The standard InChI is InChI=1S/C13H17ClN2O/c1-2-11(9-3-5-10(14)6-4-9)16-12-7-8-15-13(12)17/h3-6,11-12,16H,2,7-8H2,1H3,(H,15,17)/t11-,12-/m0/s1. The summed E-state index contributed by atoms with van der Waals surface area (Å²) in [6, 6.07) is 7.94. The van der Waals surface area contributed by atoms with Crippen LogP contribution < -0.4 is 10.6 Å². The molecular weight excluding hydrogens is 236 g/mol. The Kier molecular flexibility index (Phi) is 4.02. The van der Waals surface area contributed by atoms with Gasteiger partial charge >= 0.3 is 0 Å². The van der Waals surface area contributed by atoms with Gasteiger partial charge in [-0.2, -0.15) is 0 Å². The molecule has 1 aromatic carbocycles. The third-order valence-electron chi connectivity index (χ3n) is 3.13. The minimum absolute atomic E-state index is 0.0596. The first kappa shape index (κ1) is 12.4. The first-order valence-electron chi connectivity index (χ1n) is 6.00. The number of amides is 1. The molecule has 1 fully saturated rings. The molecule has 92 valence electrons. The Balaban J connectivity index is 2.05. The fraction of sp³-hybridized carbons (Fsp3) is 0.462. The van der Waals surface area contributed by atoms with E-state index in [1.165, 1.54) is 5.56 Å². The van der Waals surface area contributed by atoms with Crippen molar-refractivity contribution in [2.75, 3.05) is 6.54 Å². The van der Waals surface area contributed by atoms with Gasteiger partial charge in [0.05, 0.1) is 6.04 Å². The summed E-state index contributed by atoms with van der Waals surface area (Å²) >= 11 is 5.87. The molecule has 1 heterocycles. The third-order valence-corrected chi connectivity index (χ3v) is 3.38. The predicted octanol–water partition coefficient (Wildman–Crippen LogP) is 2.27. The van der Waals surface area contributed by atoms with Gasteiger partial charge in [-0.1, -0.05) is 30.7 Å². The van der Waals surface area contributed by atoms with E-state index in [4.69, 9.17) is 11.6 Å².